The molecule has 0 atom stereocenters. The van der Waals surface area contributed by atoms with Gasteiger partial charge >= 0.3 is 5.97 Å². The van der Waals surface area contributed by atoms with Gasteiger partial charge in [-0.05, 0) is 18.2 Å². The maximum atomic E-state index is 14.4. The van der Waals surface area contributed by atoms with Gasteiger partial charge in [0.05, 0.1) is 36.0 Å². The molecule has 0 spiro atoms. The molecule has 0 amide bonds. The molecule has 2 aromatic carbocycles. The summed E-state index contributed by atoms with van der Waals surface area (Å²) in [4.78, 5) is 21.3. The van der Waals surface area contributed by atoms with Crippen LogP contribution in [-0.4, -0.2) is 46.1 Å². The number of benzene rings is 2. The van der Waals surface area contributed by atoms with E-state index >= 15 is 0 Å². The molecule has 0 bridgehead atoms. The Morgan fingerprint density at radius 3 is 2.90 bits per heavy atom. The predicted molar refractivity (Wildman–Crippen MR) is 114 cm³/mol. The van der Waals surface area contributed by atoms with Crippen molar-refractivity contribution in [2.45, 2.75) is 13.0 Å². The van der Waals surface area contributed by atoms with Crippen LogP contribution in [0.1, 0.15) is 12.0 Å². The number of aromatic nitrogens is 2. The number of hydrogen-bond acceptors (Lipinski definition) is 7. The average Bonchev–Trinajstić information content (AvgIpc) is 2.74. The lowest BCUT2D eigenvalue weighted by atomic mass is 10.1. The maximum absolute atomic E-state index is 14.4. The number of nitrogens with zero attached hydrogens (tertiary/aromatic N) is 4. The van der Waals surface area contributed by atoms with Crippen LogP contribution in [0, 0.1) is 17.1 Å². The lowest BCUT2D eigenvalue weighted by molar-refractivity contribution is -0.138. The summed E-state index contributed by atoms with van der Waals surface area (Å²) in [7, 11) is 1.50. The molecule has 0 radical (unpaired) electrons. The Labute approximate surface area is 182 Å². The summed E-state index contributed by atoms with van der Waals surface area (Å²) in [5, 5.41) is 21.6. The van der Waals surface area contributed by atoms with Gasteiger partial charge in [0.1, 0.15) is 17.9 Å². The molecule has 0 saturated carbocycles. The third-order valence-electron chi connectivity index (χ3n) is 4.53. The van der Waals surface area contributed by atoms with E-state index in [1.807, 2.05) is 6.07 Å². The number of ether oxygens (including phenoxy) is 1. The Bertz CT molecular complexity index is 1150. The zero-order valence-electron chi connectivity index (χ0n) is 16.6. The van der Waals surface area contributed by atoms with E-state index < -0.39 is 11.8 Å². The van der Waals surface area contributed by atoms with Gasteiger partial charge in [-0.2, -0.15) is 5.26 Å². The van der Waals surface area contributed by atoms with Gasteiger partial charge in [0.2, 0.25) is 0 Å². The van der Waals surface area contributed by atoms with Crippen molar-refractivity contribution in [2.75, 3.05) is 25.5 Å². The number of carbonyl (C=O) groups is 1. The van der Waals surface area contributed by atoms with Crippen LogP contribution < -0.4 is 10.1 Å². The number of halogens is 2. The molecular formula is C21H19ClFN5O3. The number of fused-ring (bicyclic) bond motifs is 1. The van der Waals surface area contributed by atoms with Crippen LogP contribution in [0.3, 0.4) is 0 Å². The first kappa shape index (κ1) is 22.2. The number of carboxylic acid groups (broad SMARTS) is 1. The summed E-state index contributed by atoms with van der Waals surface area (Å²) in [5.41, 5.74) is 1.40. The second kappa shape index (κ2) is 10.0. The molecule has 3 rings (SSSR count). The van der Waals surface area contributed by atoms with Crippen LogP contribution in [0.4, 0.5) is 15.9 Å². The Hall–Kier alpha value is -3.48. The van der Waals surface area contributed by atoms with E-state index in [1.54, 1.807) is 23.1 Å². The van der Waals surface area contributed by atoms with E-state index in [0.717, 1.165) is 0 Å². The highest BCUT2D eigenvalue weighted by Crippen LogP contribution is 2.32. The first-order valence-electron chi connectivity index (χ1n) is 9.26. The summed E-state index contributed by atoms with van der Waals surface area (Å²) in [6.07, 6.45) is 1.53. The molecule has 1 heterocycles. The number of aliphatic carboxylic acids is 1. The normalized spacial score (nSPS) is 10.8. The molecular weight excluding hydrogens is 425 g/mol. The highest BCUT2D eigenvalue weighted by molar-refractivity contribution is 6.31. The van der Waals surface area contributed by atoms with Crippen molar-refractivity contribution < 1.29 is 19.0 Å². The quantitative estimate of drug-likeness (QED) is 0.511. The Morgan fingerprint density at radius 2 is 2.19 bits per heavy atom. The monoisotopic (exact) mass is 443 g/mol. The first-order valence-corrected chi connectivity index (χ1v) is 9.64. The number of methoxy groups -OCH3 is 1. The van der Waals surface area contributed by atoms with E-state index in [4.69, 9.17) is 21.6 Å². The summed E-state index contributed by atoms with van der Waals surface area (Å²) in [6, 6.07) is 10.1. The Kier molecular flexibility index (Phi) is 7.18. The maximum Gasteiger partial charge on any atom is 0.317 e. The number of anilines is 2. The average molecular weight is 444 g/mol. The highest BCUT2D eigenvalue weighted by Gasteiger charge is 2.17. The molecule has 8 nitrogen and oxygen atoms in total. The fourth-order valence-electron chi connectivity index (χ4n) is 3.12. The molecule has 0 saturated heterocycles. The third-order valence-corrected chi connectivity index (χ3v) is 4.83. The van der Waals surface area contributed by atoms with Crippen LogP contribution in [0.15, 0.2) is 36.7 Å². The van der Waals surface area contributed by atoms with Gasteiger partial charge in [-0.3, -0.25) is 9.69 Å². The molecule has 2 N–H and O–H groups in total. The molecule has 1 aromatic heterocycles. The molecule has 0 unspecified atom stereocenters. The topological polar surface area (TPSA) is 111 Å². The minimum atomic E-state index is -1.00. The first-order chi connectivity index (χ1) is 14.9. The lowest BCUT2D eigenvalue weighted by Gasteiger charge is -2.21. The Balaban J connectivity index is 2.02. The van der Waals surface area contributed by atoms with Crippen LogP contribution in [0.5, 0.6) is 5.75 Å². The van der Waals surface area contributed by atoms with Gasteiger partial charge in [0.15, 0.2) is 5.82 Å². The lowest BCUT2D eigenvalue weighted by Crippen LogP contribution is -2.30. The molecule has 0 fully saturated rings. The Morgan fingerprint density at radius 1 is 1.39 bits per heavy atom. The van der Waals surface area contributed by atoms with Gasteiger partial charge in [0.25, 0.3) is 0 Å². The van der Waals surface area contributed by atoms with Gasteiger partial charge in [-0.25, -0.2) is 14.4 Å². The van der Waals surface area contributed by atoms with E-state index in [0.29, 0.717) is 28.0 Å². The fraction of sp³-hybridized carbons (Fsp3) is 0.238. The number of carboxylic acids is 1. The van der Waals surface area contributed by atoms with Crippen molar-refractivity contribution >= 4 is 40.0 Å². The van der Waals surface area contributed by atoms with Crippen LogP contribution in [-0.2, 0) is 11.3 Å². The number of nitrogens with one attached hydrogen (secondary N) is 1. The number of rotatable bonds is 9. The predicted octanol–water partition coefficient (Wildman–Crippen LogP) is 3.97. The van der Waals surface area contributed by atoms with Gasteiger partial charge in [0, 0.05) is 36.5 Å². The van der Waals surface area contributed by atoms with Gasteiger partial charge in [-0.15, -0.1) is 0 Å². The SMILES string of the molecule is COc1cc2ncnc(Nc3cccc(Cl)c3F)c2cc1CN(CCC#N)CC(=O)O. The van der Waals surface area contributed by atoms with Crippen molar-refractivity contribution in [3.63, 3.8) is 0 Å². The van der Waals surface area contributed by atoms with E-state index in [1.165, 1.54) is 25.6 Å². The molecule has 160 valence electrons. The van der Waals surface area contributed by atoms with E-state index in [2.05, 4.69) is 15.3 Å². The second-order valence-electron chi connectivity index (χ2n) is 6.64. The zero-order valence-corrected chi connectivity index (χ0v) is 17.4. The summed E-state index contributed by atoms with van der Waals surface area (Å²) >= 11 is 5.86. The minimum Gasteiger partial charge on any atom is -0.496 e. The molecule has 0 aliphatic heterocycles. The van der Waals surface area contributed by atoms with Crippen molar-refractivity contribution in [1.29, 1.82) is 5.26 Å². The number of hydrogen-bond donors (Lipinski definition) is 2. The fourth-order valence-corrected chi connectivity index (χ4v) is 3.30. The highest BCUT2D eigenvalue weighted by atomic mass is 35.5. The summed E-state index contributed by atoms with van der Waals surface area (Å²) < 4.78 is 19.8. The van der Waals surface area contributed by atoms with Crippen molar-refractivity contribution in [3.8, 4) is 11.8 Å². The minimum absolute atomic E-state index is 0.0208. The molecule has 0 aliphatic carbocycles. The van der Waals surface area contributed by atoms with Gasteiger partial charge < -0.3 is 15.2 Å². The van der Waals surface area contributed by atoms with Crippen LogP contribution in [0.2, 0.25) is 5.02 Å². The summed E-state index contributed by atoms with van der Waals surface area (Å²) in [6.45, 7) is 0.286. The van der Waals surface area contributed by atoms with Crippen molar-refractivity contribution in [2.24, 2.45) is 0 Å². The van der Waals surface area contributed by atoms with E-state index in [-0.39, 0.29) is 36.8 Å². The third kappa shape index (κ3) is 5.36. The largest absolute Gasteiger partial charge is 0.496 e. The zero-order chi connectivity index (χ0) is 22.4. The van der Waals surface area contributed by atoms with Crippen molar-refractivity contribution in [1.82, 2.24) is 14.9 Å². The van der Waals surface area contributed by atoms with E-state index in [9.17, 15) is 14.3 Å². The van der Waals surface area contributed by atoms with Gasteiger partial charge in [-0.1, -0.05) is 17.7 Å². The smallest absolute Gasteiger partial charge is 0.317 e. The number of nitriles is 1. The molecule has 3 aromatic rings. The summed E-state index contributed by atoms with van der Waals surface area (Å²) in [5.74, 6) is -0.732. The molecule has 10 heteroatoms. The van der Waals surface area contributed by atoms with Crippen molar-refractivity contribution in [3.05, 3.63) is 53.1 Å². The standard InChI is InChI=1S/C21H19ClFN5O3/c1-31-18-9-17-14(8-13(18)10-28(7-3-6-24)11-19(29)30)21(26-12-25-17)27-16-5-2-4-15(22)20(16)23/h2,4-5,8-9,12H,3,7,10-11H2,1H3,(H,29,30)(H,25,26,27). The molecule has 31 heavy (non-hydrogen) atoms. The second-order valence-corrected chi connectivity index (χ2v) is 7.05. The van der Waals surface area contributed by atoms with Crippen LogP contribution in [0.25, 0.3) is 10.9 Å². The van der Waals surface area contributed by atoms with Crippen LogP contribution >= 0.6 is 11.6 Å². The molecule has 0 aliphatic rings.